The lowest BCUT2D eigenvalue weighted by Gasteiger charge is -2.08. The van der Waals surface area contributed by atoms with Crippen molar-refractivity contribution in [1.29, 1.82) is 0 Å². The van der Waals surface area contributed by atoms with Crippen LogP contribution in [0, 0.1) is 12.1 Å². The normalized spacial score (nSPS) is 10.1. The first-order valence-corrected chi connectivity index (χ1v) is 5.13. The van der Waals surface area contributed by atoms with Crippen LogP contribution in [-0.2, 0) is 6.61 Å². The highest BCUT2D eigenvalue weighted by molar-refractivity contribution is 5.23. The molecule has 0 saturated heterocycles. The molecule has 0 unspecified atom stereocenters. The summed E-state index contributed by atoms with van der Waals surface area (Å²) in [4.78, 5) is 0. The lowest BCUT2D eigenvalue weighted by molar-refractivity contribution is -0.612. The van der Waals surface area contributed by atoms with Crippen LogP contribution in [0.4, 0.5) is 0 Å². The summed E-state index contributed by atoms with van der Waals surface area (Å²) in [5.41, 5.74) is 1.67. The zero-order valence-electron chi connectivity index (χ0n) is 9.09. The average molecular weight is 215 g/mol. The number of hydrogen-bond donors (Lipinski definition) is 0. The smallest absolute Gasteiger partial charge is 0.231 e. The minimum absolute atomic E-state index is 0.478. The predicted octanol–water partition coefficient (Wildman–Crippen LogP) is 2.21. The molecule has 0 aliphatic rings. The van der Waals surface area contributed by atoms with Crippen molar-refractivity contribution in [2.45, 2.75) is 13.5 Å². The molecule has 2 aromatic rings. The number of ether oxygens (including phenoxy) is 1. The number of pyridine rings is 1. The standard InChI is InChI=1S/C13H13NO2/c1-11-13(8-5-9-14(11)15)16-10-12-6-3-2-4-7-12/h2-9H,10H2,1H3. The highest BCUT2D eigenvalue weighted by atomic mass is 16.5. The molecule has 3 nitrogen and oxygen atoms in total. The summed E-state index contributed by atoms with van der Waals surface area (Å²) in [7, 11) is 0. The van der Waals surface area contributed by atoms with Crippen molar-refractivity contribution in [1.82, 2.24) is 0 Å². The van der Waals surface area contributed by atoms with E-state index in [9.17, 15) is 5.21 Å². The van der Waals surface area contributed by atoms with Crippen LogP contribution in [0.25, 0.3) is 0 Å². The monoisotopic (exact) mass is 215 g/mol. The highest BCUT2D eigenvalue weighted by Crippen LogP contribution is 2.14. The summed E-state index contributed by atoms with van der Waals surface area (Å²) in [6.45, 7) is 2.22. The molecule has 1 aromatic heterocycles. The molecule has 16 heavy (non-hydrogen) atoms. The van der Waals surface area contributed by atoms with Gasteiger partial charge in [-0.15, -0.1) is 0 Å². The van der Waals surface area contributed by atoms with Gasteiger partial charge < -0.3 is 9.94 Å². The molecule has 1 heterocycles. The Balaban J connectivity index is 2.08. The third kappa shape index (κ3) is 2.31. The molecule has 0 fully saturated rings. The molecule has 0 N–H and O–H groups in total. The molecule has 3 heteroatoms. The maximum absolute atomic E-state index is 11.3. The molecule has 0 amide bonds. The number of rotatable bonds is 3. The van der Waals surface area contributed by atoms with Crippen LogP contribution < -0.4 is 9.47 Å². The Hall–Kier alpha value is -2.03. The number of aromatic nitrogens is 1. The summed E-state index contributed by atoms with van der Waals surface area (Å²) in [5, 5.41) is 11.3. The Labute approximate surface area is 94.5 Å². The molecule has 0 aliphatic heterocycles. The van der Waals surface area contributed by atoms with Gasteiger partial charge in [-0.05, 0) is 11.6 Å². The van der Waals surface area contributed by atoms with Gasteiger partial charge in [0.25, 0.3) is 0 Å². The van der Waals surface area contributed by atoms with Crippen molar-refractivity contribution >= 4 is 0 Å². The maximum atomic E-state index is 11.3. The second kappa shape index (κ2) is 4.66. The lowest BCUT2D eigenvalue weighted by Crippen LogP contribution is -2.29. The van der Waals surface area contributed by atoms with Gasteiger partial charge in [-0.3, -0.25) is 0 Å². The Morgan fingerprint density at radius 3 is 2.62 bits per heavy atom. The SMILES string of the molecule is Cc1c(OCc2ccccc2)ccc[n+]1[O-]. The van der Waals surface area contributed by atoms with Gasteiger partial charge in [-0.25, -0.2) is 0 Å². The van der Waals surface area contributed by atoms with E-state index >= 15 is 0 Å². The highest BCUT2D eigenvalue weighted by Gasteiger charge is 2.07. The third-order valence-corrected chi connectivity index (χ3v) is 2.39. The number of nitrogens with zero attached hydrogens (tertiary/aromatic N) is 1. The summed E-state index contributed by atoms with van der Waals surface area (Å²) >= 11 is 0. The van der Waals surface area contributed by atoms with Crippen molar-refractivity contribution in [3.8, 4) is 5.75 Å². The topological polar surface area (TPSA) is 36.2 Å². The van der Waals surface area contributed by atoms with Crippen LogP contribution in [0.15, 0.2) is 48.7 Å². The van der Waals surface area contributed by atoms with Crippen LogP contribution in [0.3, 0.4) is 0 Å². The van der Waals surface area contributed by atoms with E-state index < -0.39 is 0 Å². The van der Waals surface area contributed by atoms with Crippen LogP contribution in [0.5, 0.6) is 5.75 Å². The fourth-order valence-corrected chi connectivity index (χ4v) is 1.44. The minimum Gasteiger partial charge on any atom is -0.618 e. The van der Waals surface area contributed by atoms with Crippen LogP contribution >= 0.6 is 0 Å². The second-order valence-electron chi connectivity index (χ2n) is 3.56. The zero-order chi connectivity index (χ0) is 11.4. The Kier molecular flexibility index (Phi) is 3.05. The Morgan fingerprint density at radius 1 is 1.12 bits per heavy atom. The largest absolute Gasteiger partial charge is 0.618 e. The first-order valence-electron chi connectivity index (χ1n) is 5.13. The quantitative estimate of drug-likeness (QED) is 0.581. The molecule has 0 bridgehead atoms. The lowest BCUT2D eigenvalue weighted by atomic mass is 10.2. The fraction of sp³-hybridized carbons (Fsp3) is 0.154. The predicted molar refractivity (Wildman–Crippen MR) is 60.9 cm³/mol. The second-order valence-corrected chi connectivity index (χ2v) is 3.56. The van der Waals surface area contributed by atoms with Gasteiger partial charge in [0, 0.05) is 13.0 Å². The van der Waals surface area contributed by atoms with E-state index in [2.05, 4.69) is 0 Å². The minimum atomic E-state index is 0.478. The molecule has 0 aliphatic carbocycles. The summed E-state index contributed by atoms with van der Waals surface area (Å²) in [5.74, 6) is 0.626. The average Bonchev–Trinajstić information content (AvgIpc) is 2.32. The Morgan fingerprint density at radius 2 is 1.88 bits per heavy atom. The number of benzene rings is 1. The number of hydrogen-bond acceptors (Lipinski definition) is 2. The van der Waals surface area contributed by atoms with Gasteiger partial charge in [0.05, 0.1) is 0 Å². The zero-order valence-corrected chi connectivity index (χ0v) is 9.09. The van der Waals surface area contributed by atoms with Crippen molar-refractivity contribution in [2.24, 2.45) is 0 Å². The van der Waals surface area contributed by atoms with Gasteiger partial charge in [0.2, 0.25) is 5.69 Å². The fourth-order valence-electron chi connectivity index (χ4n) is 1.44. The van der Waals surface area contributed by atoms with Crippen molar-refractivity contribution in [2.75, 3.05) is 0 Å². The molecule has 0 spiro atoms. The van der Waals surface area contributed by atoms with Gasteiger partial charge in [0.1, 0.15) is 6.61 Å². The van der Waals surface area contributed by atoms with E-state index in [-0.39, 0.29) is 0 Å². The third-order valence-electron chi connectivity index (χ3n) is 2.39. The first-order chi connectivity index (χ1) is 7.77. The van der Waals surface area contributed by atoms with Gasteiger partial charge in [-0.1, -0.05) is 30.3 Å². The molecular weight excluding hydrogens is 202 g/mol. The van der Waals surface area contributed by atoms with Crippen LogP contribution in [0.1, 0.15) is 11.3 Å². The molecule has 1 aromatic carbocycles. The van der Waals surface area contributed by atoms with Crippen molar-refractivity contribution in [3.63, 3.8) is 0 Å². The first kappa shape index (κ1) is 10.5. The molecule has 2 rings (SSSR count). The van der Waals surface area contributed by atoms with Gasteiger partial charge in [-0.2, -0.15) is 4.73 Å². The molecule has 82 valence electrons. The molecular formula is C13H13NO2. The molecule has 0 atom stereocenters. The summed E-state index contributed by atoms with van der Waals surface area (Å²) < 4.78 is 6.39. The van der Waals surface area contributed by atoms with Gasteiger partial charge in [0.15, 0.2) is 11.9 Å². The van der Waals surface area contributed by atoms with Gasteiger partial charge >= 0.3 is 0 Å². The Bertz CT molecular complexity index is 469. The van der Waals surface area contributed by atoms with Crippen LogP contribution in [0.2, 0.25) is 0 Å². The van der Waals surface area contributed by atoms with E-state index in [0.717, 1.165) is 10.3 Å². The molecule has 0 saturated carbocycles. The maximum Gasteiger partial charge on any atom is 0.231 e. The summed E-state index contributed by atoms with van der Waals surface area (Å²) in [6.07, 6.45) is 1.46. The summed E-state index contributed by atoms with van der Waals surface area (Å²) in [6, 6.07) is 13.3. The van der Waals surface area contributed by atoms with Crippen molar-refractivity contribution < 1.29 is 9.47 Å². The van der Waals surface area contributed by atoms with Crippen molar-refractivity contribution in [3.05, 3.63) is 65.1 Å². The van der Waals surface area contributed by atoms with Crippen LogP contribution in [-0.4, -0.2) is 0 Å². The van der Waals surface area contributed by atoms with E-state index in [4.69, 9.17) is 4.74 Å². The van der Waals surface area contributed by atoms with E-state index in [1.165, 1.54) is 6.20 Å². The van der Waals surface area contributed by atoms with E-state index in [0.29, 0.717) is 18.1 Å². The molecule has 0 radical (unpaired) electrons. The van der Waals surface area contributed by atoms with E-state index in [1.807, 2.05) is 30.3 Å². The van der Waals surface area contributed by atoms with E-state index in [1.54, 1.807) is 19.1 Å².